The Hall–Kier alpha value is -7.17. The average Bonchev–Trinajstić information content (AvgIpc) is 3.86. The van der Waals surface area contributed by atoms with Crippen LogP contribution in [0.2, 0.25) is 0 Å². The molecular weight excluding hydrogens is 647 g/mol. The first-order valence-corrected chi connectivity index (χ1v) is 18.1. The quantitative estimate of drug-likeness (QED) is 0.172. The van der Waals surface area contributed by atoms with Gasteiger partial charge in [-0.3, -0.25) is 9.20 Å². The molecule has 8 aromatic carbocycles. The molecule has 4 heteroatoms. The molecule has 0 atom stereocenters. The van der Waals surface area contributed by atoms with Crippen molar-refractivity contribution in [3.63, 3.8) is 0 Å². The lowest BCUT2D eigenvalue weighted by Crippen LogP contribution is -2.12. The van der Waals surface area contributed by atoms with E-state index in [1.54, 1.807) is 0 Å². The van der Waals surface area contributed by atoms with E-state index in [1.165, 1.54) is 27.2 Å². The molecule has 4 aromatic heterocycles. The van der Waals surface area contributed by atoms with Gasteiger partial charge in [-0.1, -0.05) is 109 Å². The molecule has 246 valence electrons. The monoisotopic (exact) mass is 675 g/mol. The first-order chi connectivity index (χ1) is 26.2. The fraction of sp³-hybridized carbons (Fsp3) is 0. The standard InChI is InChI=1S/C49H29N3O/c53-49-42-28-30(21-24-34(42)38-16-10-17-39-37-15-6-9-20-45(37)52(49)48(38)39)31-22-25-46-40(27-31)41-29-33(23-26-47(41)50(46)32-11-2-1-3-12-32)51-43-18-7-4-13-35(43)36-14-5-8-19-44(36)51/h1-29H. The van der Waals surface area contributed by atoms with Crippen LogP contribution in [0.25, 0.3) is 104 Å². The van der Waals surface area contributed by atoms with Crippen molar-refractivity contribution in [1.82, 2.24) is 13.5 Å². The molecule has 0 aliphatic heterocycles. The molecule has 53 heavy (non-hydrogen) atoms. The van der Waals surface area contributed by atoms with Crippen LogP contribution < -0.4 is 5.56 Å². The minimum Gasteiger partial charge on any atom is -0.309 e. The van der Waals surface area contributed by atoms with E-state index in [0.29, 0.717) is 0 Å². The van der Waals surface area contributed by atoms with Gasteiger partial charge in [-0.25, -0.2) is 0 Å². The Balaban J connectivity index is 1.12. The van der Waals surface area contributed by atoms with Crippen molar-refractivity contribution in [3.8, 4) is 22.5 Å². The van der Waals surface area contributed by atoms with Crippen molar-refractivity contribution >= 4 is 81.6 Å². The van der Waals surface area contributed by atoms with Crippen LogP contribution in [0.3, 0.4) is 0 Å². The fourth-order valence-electron chi connectivity index (χ4n) is 9.09. The zero-order valence-corrected chi connectivity index (χ0v) is 28.5. The van der Waals surface area contributed by atoms with E-state index in [9.17, 15) is 4.79 Å². The first-order valence-electron chi connectivity index (χ1n) is 18.1. The highest BCUT2D eigenvalue weighted by molar-refractivity contribution is 6.20. The predicted molar refractivity (Wildman–Crippen MR) is 221 cm³/mol. The van der Waals surface area contributed by atoms with Crippen molar-refractivity contribution in [2.45, 2.75) is 0 Å². The third kappa shape index (κ3) is 3.81. The van der Waals surface area contributed by atoms with Gasteiger partial charge in [0.25, 0.3) is 5.56 Å². The second kappa shape index (κ2) is 10.4. The lowest BCUT2D eigenvalue weighted by atomic mass is 9.98. The highest BCUT2D eigenvalue weighted by Crippen LogP contribution is 2.40. The molecule has 0 aliphatic carbocycles. The van der Waals surface area contributed by atoms with Gasteiger partial charge in [0.2, 0.25) is 0 Å². The van der Waals surface area contributed by atoms with Gasteiger partial charge < -0.3 is 9.13 Å². The van der Waals surface area contributed by atoms with Crippen molar-refractivity contribution < 1.29 is 0 Å². The maximum Gasteiger partial charge on any atom is 0.263 e. The van der Waals surface area contributed by atoms with Crippen LogP contribution in [0.15, 0.2) is 181 Å². The van der Waals surface area contributed by atoms with E-state index in [1.807, 2.05) is 16.5 Å². The number of nitrogens with zero attached hydrogens (tertiary/aromatic N) is 3. The first kappa shape index (κ1) is 28.5. The second-order valence-corrected chi connectivity index (χ2v) is 14.1. The zero-order chi connectivity index (χ0) is 34.8. The van der Waals surface area contributed by atoms with E-state index in [0.717, 1.165) is 76.9 Å². The van der Waals surface area contributed by atoms with Gasteiger partial charge in [0, 0.05) is 54.5 Å². The van der Waals surface area contributed by atoms with Crippen LogP contribution >= 0.6 is 0 Å². The molecule has 0 radical (unpaired) electrons. The lowest BCUT2D eigenvalue weighted by molar-refractivity contribution is 1.17. The number of pyridine rings is 1. The number of rotatable bonds is 3. The third-order valence-corrected chi connectivity index (χ3v) is 11.4. The molecule has 0 fully saturated rings. The van der Waals surface area contributed by atoms with Gasteiger partial charge in [0.15, 0.2) is 0 Å². The van der Waals surface area contributed by atoms with Gasteiger partial charge in [0.05, 0.1) is 33.1 Å². The SMILES string of the molecule is O=c1c2cc(-c3ccc4c(c3)c3cc(-n5c6ccccc6c6ccccc65)ccc3n4-c3ccccc3)ccc2c2cccc3c4ccccc4n1c23. The van der Waals surface area contributed by atoms with Crippen LogP contribution in [0.4, 0.5) is 0 Å². The van der Waals surface area contributed by atoms with Crippen molar-refractivity contribution in [2.24, 2.45) is 0 Å². The Labute approximate surface area is 302 Å². The van der Waals surface area contributed by atoms with Crippen LogP contribution in [0.5, 0.6) is 0 Å². The summed E-state index contributed by atoms with van der Waals surface area (Å²) in [7, 11) is 0. The number of benzene rings is 8. The summed E-state index contributed by atoms with van der Waals surface area (Å²) in [6.45, 7) is 0. The smallest absolute Gasteiger partial charge is 0.263 e. The maximum atomic E-state index is 14.4. The van der Waals surface area contributed by atoms with E-state index < -0.39 is 0 Å². The largest absolute Gasteiger partial charge is 0.309 e. The summed E-state index contributed by atoms with van der Waals surface area (Å²) < 4.78 is 6.66. The highest BCUT2D eigenvalue weighted by Gasteiger charge is 2.19. The van der Waals surface area contributed by atoms with E-state index in [2.05, 4.69) is 173 Å². The van der Waals surface area contributed by atoms with Gasteiger partial charge >= 0.3 is 0 Å². The highest BCUT2D eigenvalue weighted by atomic mass is 16.1. The molecule has 0 spiro atoms. The van der Waals surface area contributed by atoms with Gasteiger partial charge in [0.1, 0.15) is 0 Å². The van der Waals surface area contributed by atoms with Gasteiger partial charge in [-0.05, 0) is 83.2 Å². The third-order valence-electron chi connectivity index (χ3n) is 11.4. The molecule has 0 aliphatic rings. The molecule has 12 aromatic rings. The summed E-state index contributed by atoms with van der Waals surface area (Å²) in [6.07, 6.45) is 0. The molecule has 0 saturated carbocycles. The summed E-state index contributed by atoms with van der Waals surface area (Å²) in [5.41, 5.74) is 11.0. The number of para-hydroxylation sites is 5. The topological polar surface area (TPSA) is 31.3 Å². The van der Waals surface area contributed by atoms with E-state index in [4.69, 9.17) is 0 Å². The average molecular weight is 676 g/mol. The van der Waals surface area contributed by atoms with Gasteiger partial charge in [-0.15, -0.1) is 0 Å². The number of fused-ring (bicyclic) bond motifs is 11. The molecular formula is C49H29N3O. The fourth-order valence-corrected chi connectivity index (χ4v) is 9.09. The Morgan fingerprint density at radius 2 is 0.792 bits per heavy atom. The Kier molecular flexibility index (Phi) is 5.62. The molecule has 4 nitrogen and oxygen atoms in total. The second-order valence-electron chi connectivity index (χ2n) is 14.1. The molecule has 12 rings (SSSR count). The van der Waals surface area contributed by atoms with Gasteiger partial charge in [-0.2, -0.15) is 0 Å². The van der Waals surface area contributed by atoms with E-state index in [-0.39, 0.29) is 5.56 Å². The van der Waals surface area contributed by atoms with Crippen LogP contribution in [0, 0.1) is 0 Å². The summed E-state index contributed by atoms with van der Waals surface area (Å²) in [5.74, 6) is 0. The molecule has 0 bridgehead atoms. The molecule has 0 unspecified atom stereocenters. The Bertz CT molecular complexity index is 3480. The van der Waals surface area contributed by atoms with Crippen molar-refractivity contribution in [3.05, 3.63) is 186 Å². The Morgan fingerprint density at radius 1 is 0.302 bits per heavy atom. The number of hydrogen-bond donors (Lipinski definition) is 0. The molecule has 0 saturated heterocycles. The summed E-state index contributed by atoms with van der Waals surface area (Å²) in [5, 5.41) is 9.85. The number of hydrogen-bond acceptors (Lipinski definition) is 1. The van der Waals surface area contributed by atoms with Crippen LogP contribution in [-0.2, 0) is 0 Å². The van der Waals surface area contributed by atoms with E-state index >= 15 is 0 Å². The normalized spacial score (nSPS) is 12.2. The van der Waals surface area contributed by atoms with Crippen LogP contribution in [-0.4, -0.2) is 13.5 Å². The molecule has 4 heterocycles. The Morgan fingerprint density at radius 3 is 1.51 bits per heavy atom. The van der Waals surface area contributed by atoms with Crippen LogP contribution in [0.1, 0.15) is 0 Å². The summed E-state index contributed by atoms with van der Waals surface area (Å²) >= 11 is 0. The number of aromatic nitrogens is 3. The minimum absolute atomic E-state index is 0.0179. The summed E-state index contributed by atoms with van der Waals surface area (Å²) in [4.78, 5) is 14.4. The van der Waals surface area contributed by atoms with Crippen molar-refractivity contribution in [1.29, 1.82) is 0 Å². The molecule has 0 N–H and O–H groups in total. The maximum absolute atomic E-state index is 14.4. The summed E-state index contributed by atoms with van der Waals surface area (Å²) in [6, 6.07) is 62.5. The minimum atomic E-state index is 0.0179. The molecule has 0 amide bonds. The lowest BCUT2D eigenvalue weighted by Gasteiger charge is -2.10. The zero-order valence-electron chi connectivity index (χ0n) is 28.5. The van der Waals surface area contributed by atoms with Crippen molar-refractivity contribution in [2.75, 3.05) is 0 Å². The predicted octanol–water partition coefficient (Wildman–Crippen LogP) is 12.1.